The lowest BCUT2D eigenvalue weighted by molar-refractivity contribution is -0.150. The highest BCUT2D eigenvalue weighted by atomic mass is 35.5. The van der Waals surface area contributed by atoms with E-state index in [9.17, 15) is 0 Å². The van der Waals surface area contributed by atoms with Crippen LogP contribution in [0.25, 0.3) is 0 Å². The zero-order valence-corrected chi connectivity index (χ0v) is 13.4. The summed E-state index contributed by atoms with van der Waals surface area (Å²) in [5.74, 6) is 0.557. The van der Waals surface area contributed by atoms with Crippen LogP contribution in [0.5, 0.6) is 0 Å². The van der Waals surface area contributed by atoms with E-state index in [4.69, 9.17) is 21.1 Å². The molecule has 1 N–H and O–H groups in total. The predicted molar refractivity (Wildman–Crippen MR) is 84.7 cm³/mol. The van der Waals surface area contributed by atoms with Gasteiger partial charge >= 0.3 is 0 Å². The van der Waals surface area contributed by atoms with Crippen molar-refractivity contribution in [2.24, 2.45) is 5.92 Å². The van der Waals surface area contributed by atoms with E-state index in [1.54, 1.807) is 0 Å². The van der Waals surface area contributed by atoms with E-state index in [1.165, 1.54) is 5.56 Å². The molecule has 2 aliphatic rings. The zero-order chi connectivity index (χ0) is 14.7. The van der Waals surface area contributed by atoms with E-state index in [1.807, 2.05) is 19.2 Å². The van der Waals surface area contributed by atoms with Gasteiger partial charge in [0.15, 0.2) is 0 Å². The minimum atomic E-state index is 0.0253. The van der Waals surface area contributed by atoms with Gasteiger partial charge in [-0.3, -0.25) is 0 Å². The lowest BCUT2D eigenvalue weighted by Crippen LogP contribution is -2.46. The first-order valence-corrected chi connectivity index (χ1v) is 8.25. The summed E-state index contributed by atoms with van der Waals surface area (Å²) >= 11 is 6.40. The monoisotopic (exact) mass is 309 g/mol. The highest BCUT2D eigenvalue weighted by molar-refractivity contribution is 6.31. The first kappa shape index (κ1) is 15.3. The van der Waals surface area contributed by atoms with Crippen molar-refractivity contribution in [3.63, 3.8) is 0 Å². The molecule has 116 valence electrons. The summed E-state index contributed by atoms with van der Waals surface area (Å²) in [5, 5.41) is 4.33. The van der Waals surface area contributed by atoms with Crippen LogP contribution < -0.4 is 5.32 Å². The zero-order valence-electron chi connectivity index (χ0n) is 12.6. The van der Waals surface area contributed by atoms with E-state index in [0.29, 0.717) is 12.0 Å². The Balaban J connectivity index is 1.79. The molecule has 0 saturated carbocycles. The lowest BCUT2D eigenvalue weighted by Gasteiger charge is -2.45. The molecule has 2 heterocycles. The summed E-state index contributed by atoms with van der Waals surface area (Å²) in [7, 11) is 2.03. The molecule has 0 amide bonds. The molecule has 0 aliphatic carbocycles. The molecule has 21 heavy (non-hydrogen) atoms. The van der Waals surface area contributed by atoms with Crippen molar-refractivity contribution in [3.05, 3.63) is 34.9 Å². The molecule has 1 aromatic carbocycles. The minimum Gasteiger partial charge on any atom is -0.381 e. The summed E-state index contributed by atoms with van der Waals surface area (Å²) in [5.41, 5.74) is 1.23. The van der Waals surface area contributed by atoms with Crippen LogP contribution in [-0.4, -0.2) is 32.5 Å². The number of rotatable bonds is 3. The maximum absolute atomic E-state index is 6.40. The Hall–Kier alpha value is -0.610. The van der Waals surface area contributed by atoms with Crippen LogP contribution in [-0.2, 0) is 9.47 Å². The number of hydrogen-bond donors (Lipinski definition) is 1. The second kappa shape index (κ2) is 6.66. The van der Waals surface area contributed by atoms with Crippen molar-refractivity contribution < 1.29 is 9.47 Å². The molecule has 2 atom stereocenters. The average molecular weight is 310 g/mol. The van der Waals surface area contributed by atoms with Crippen molar-refractivity contribution in [1.82, 2.24) is 5.32 Å². The first-order chi connectivity index (χ1) is 10.2. The molecule has 4 heteroatoms. The van der Waals surface area contributed by atoms with Gasteiger partial charge in [-0.15, -0.1) is 0 Å². The average Bonchev–Trinajstić information content (AvgIpc) is 2.51. The summed E-state index contributed by atoms with van der Waals surface area (Å²) in [6, 6.07) is 8.46. The Morgan fingerprint density at radius 1 is 1.24 bits per heavy atom. The molecule has 3 rings (SSSR count). The van der Waals surface area contributed by atoms with Gasteiger partial charge in [0.05, 0.1) is 5.60 Å². The third-order valence-electron chi connectivity index (χ3n) is 4.96. The Morgan fingerprint density at radius 3 is 2.71 bits per heavy atom. The third-order valence-corrected chi connectivity index (χ3v) is 5.30. The van der Waals surface area contributed by atoms with E-state index in [0.717, 1.165) is 50.5 Å². The van der Waals surface area contributed by atoms with E-state index >= 15 is 0 Å². The molecule has 0 aromatic heterocycles. The predicted octanol–water partition coefficient (Wildman–Crippen LogP) is 3.58. The van der Waals surface area contributed by atoms with E-state index in [2.05, 4.69) is 17.4 Å². The second-order valence-electron chi connectivity index (χ2n) is 6.18. The van der Waals surface area contributed by atoms with Crippen molar-refractivity contribution >= 4 is 11.6 Å². The SMILES string of the molecule is CNC(c1ccccc1Cl)C1CCOC2(CCOCC2)C1. The van der Waals surface area contributed by atoms with Gasteiger partial charge in [-0.05, 0) is 50.3 Å². The van der Waals surface area contributed by atoms with E-state index < -0.39 is 0 Å². The van der Waals surface area contributed by atoms with Gasteiger partial charge in [-0.1, -0.05) is 29.8 Å². The van der Waals surface area contributed by atoms with Crippen LogP contribution in [0.2, 0.25) is 5.02 Å². The largest absolute Gasteiger partial charge is 0.381 e. The van der Waals surface area contributed by atoms with Gasteiger partial charge in [-0.25, -0.2) is 0 Å². The normalized spacial score (nSPS) is 26.7. The summed E-state index contributed by atoms with van der Waals surface area (Å²) < 4.78 is 11.7. The Morgan fingerprint density at radius 2 is 2.00 bits per heavy atom. The van der Waals surface area contributed by atoms with Crippen LogP contribution in [0.15, 0.2) is 24.3 Å². The van der Waals surface area contributed by atoms with E-state index in [-0.39, 0.29) is 5.60 Å². The third kappa shape index (κ3) is 3.26. The number of hydrogen-bond acceptors (Lipinski definition) is 3. The maximum atomic E-state index is 6.40. The molecule has 1 spiro atoms. The summed E-state index contributed by atoms with van der Waals surface area (Å²) in [6.45, 7) is 2.49. The van der Waals surface area contributed by atoms with Crippen LogP contribution in [0.1, 0.15) is 37.3 Å². The number of halogens is 1. The molecule has 3 nitrogen and oxygen atoms in total. The number of ether oxygens (including phenoxy) is 2. The van der Waals surface area contributed by atoms with Crippen LogP contribution in [0, 0.1) is 5.92 Å². The molecule has 0 radical (unpaired) electrons. The van der Waals surface area contributed by atoms with Crippen molar-refractivity contribution in [3.8, 4) is 0 Å². The van der Waals surface area contributed by atoms with Crippen LogP contribution >= 0.6 is 11.6 Å². The highest BCUT2D eigenvalue weighted by Gasteiger charge is 2.41. The van der Waals surface area contributed by atoms with Gasteiger partial charge in [0.1, 0.15) is 0 Å². The van der Waals surface area contributed by atoms with Crippen molar-refractivity contribution in [1.29, 1.82) is 0 Å². The van der Waals surface area contributed by atoms with Crippen molar-refractivity contribution in [2.45, 2.75) is 37.3 Å². The lowest BCUT2D eigenvalue weighted by atomic mass is 9.76. The molecular weight excluding hydrogens is 286 g/mol. The fourth-order valence-corrected chi connectivity index (χ4v) is 4.07. The smallest absolute Gasteiger partial charge is 0.0729 e. The van der Waals surface area contributed by atoms with Crippen molar-refractivity contribution in [2.75, 3.05) is 26.9 Å². The Bertz CT molecular complexity index is 468. The van der Waals surface area contributed by atoms with Crippen LogP contribution in [0.3, 0.4) is 0 Å². The fraction of sp³-hybridized carbons (Fsp3) is 0.647. The molecule has 2 saturated heterocycles. The van der Waals surface area contributed by atoms with Gasteiger partial charge in [-0.2, -0.15) is 0 Å². The molecule has 2 unspecified atom stereocenters. The molecule has 2 aliphatic heterocycles. The van der Waals surface area contributed by atoms with Crippen LogP contribution in [0.4, 0.5) is 0 Å². The van der Waals surface area contributed by atoms with Gasteiger partial charge in [0.25, 0.3) is 0 Å². The molecule has 2 fully saturated rings. The number of benzene rings is 1. The first-order valence-electron chi connectivity index (χ1n) is 7.87. The molecular formula is C17H24ClNO2. The second-order valence-corrected chi connectivity index (χ2v) is 6.59. The fourth-order valence-electron chi connectivity index (χ4n) is 3.81. The Kier molecular flexibility index (Phi) is 4.85. The minimum absolute atomic E-state index is 0.0253. The summed E-state index contributed by atoms with van der Waals surface area (Å²) in [4.78, 5) is 0. The quantitative estimate of drug-likeness (QED) is 0.926. The standard InChI is InChI=1S/C17H24ClNO2/c1-19-16(14-4-2-3-5-15(14)18)13-6-9-21-17(12-13)7-10-20-11-8-17/h2-5,13,16,19H,6-12H2,1H3. The molecule has 0 bridgehead atoms. The van der Waals surface area contributed by atoms with Gasteiger partial charge < -0.3 is 14.8 Å². The maximum Gasteiger partial charge on any atom is 0.0729 e. The van der Waals surface area contributed by atoms with Gasteiger partial charge in [0.2, 0.25) is 0 Å². The highest BCUT2D eigenvalue weighted by Crippen LogP contribution is 2.42. The molecule has 1 aromatic rings. The topological polar surface area (TPSA) is 30.5 Å². The number of nitrogens with one attached hydrogen (secondary N) is 1. The summed E-state index contributed by atoms with van der Waals surface area (Å²) in [6.07, 6.45) is 4.21. The van der Waals surface area contributed by atoms with Gasteiger partial charge in [0, 0.05) is 30.9 Å². The Labute approximate surface area is 132 Å².